The highest BCUT2D eigenvalue weighted by Crippen LogP contribution is 2.21. The Balaban J connectivity index is 2.77. The molecule has 2 rings (SSSR count). The summed E-state index contributed by atoms with van der Waals surface area (Å²) < 4.78 is 1.14. The van der Waals surface area contributed by atoms with Gasteiger partial charge < -0.3 is 0 Å². The Morgan fingerprint density at radius 3 is 3.08 bits per heavy atom. The lowest BCUT2D eigenvalue weighted by Crippen LogP contribution is -1.73. The van der Waals surface area contributed by atoms with Gasteiger partial charge in [0.2, 0.25) is 0 Å². The fraction of sp³-hybridized carbons (Fsp3) is 0.111. The topological polar surface area (TPSA) is 36.7 Å². The van der Waals surface area contributed by atoms with Crippen LogP contribution < -0.4 is 0 Å². The van der Waals surface area contributed by atoms with Gasteiger partial charge in [-0.2, -0.15) is 5.26 Å². The van der Waals surface area contributed by atoms with Crippen LogP contribution in [0.15, 0.2) is 18.2 Å². The molecule has 12 heavy (non-hydrogen) atoms. The Morgan fingerprint density at radius 2 is 2.33 bits per heavy atom. The second kappa shape index (κ2) is 2.58. The van der Waals surface area contributed by atoms with Crippen molar-refractivity contribution < 1.29 is 0 Å². The molecule has 3 heteroatoms. The van der Waals surface area contributed by atoms with Crippen LogP contribution >= 0.6 is 11.3 Å². The van der Waals surface area contributed by atoms with Crippen molar-refractivity contribution >= 4 is 21.6 Å². The molecule has 2 aromatic rings. The highest BCUT2D eigenvalue weighted by Gasteiger charge is 2.00. The summed E-state index contributed by atoms with van der Waals surface area (Å²) in [7, 11) is 0. The minimum absolute atomic E-state index is 0.674. The lowest BCUT2D eigenvalue weighted by molar-refractivity contribution is 1.34. The summed E-state index contributed by atoms with van der Waals surface area (Å²) in [5, 5.41) is 9.67. The Bertz CT molecular complexity index is 465. The van der Waals surface area contributed by atoms with Gasteiger partial charge in [-0.1, -0.05) is 0 Å². The first kappa shape index (κ1) is 7.26. The van der Waals surface area contributed by atoms with Gasteiger partial charge in [-0.25, -0.2) is 4.98 Å². The Morgan fingerprint density at radius 1 is 1.50 bits per heavy atom. The van der Waals surface area contributed by atoms with Crippen LogP contribution in [-0.4, -0.2) is 4.98 Å². The molecule has 1 aromatic carbocycles. The number of fused-ring (bicyclic) bond motifs is 1. The molecule has 2 nitrogen and oxygen atoms in total. The van der Waals surface area contributed by atoms with Crippen LogP contribution in [0.2, 0.25) is 0 Å². The average Bonchev–Trinajstić information content (AvgIpc) is 2.43. The maximum Gasteiger partial charge on any atom is 0.0992 e. The minimum atomic E-state index is 0.674. The third kappa shape index (κ3) is 1.06. The van der Waals surface area contributed by atoms with E-state index in [2.05, 4.69) is 11.1 Å². The van der Waals surface area contributed by atoms with Gasteiger partial charge in [0.05, 0.1) is 26.9 Å². The van der Waals surface area contributed by atoms with E-state index >= 15 is 0 Å². The van der Waals surface area contributed by atoms with E-state index in [1.165, 1.54) is 0 Å². The van der Waals surface area contributed by atoms with Crippen molar-refractivity contribution in [3.8, 4) is 6.07 Å². The highest BCUT2D eigenvalue weighted by atomic mass is 32.1. The number of rotatable bonds is 0. The highest BCUT2D eigenvalue weighted by molar-refractivity contribution is 7.18. The van der Waals surface area contributed by atoms with Crippen molar-refractivity contribution in [2.75, 3.05) is 0 Å². The Kier molecular flexibility index (Phi) is 1.56. The maximum absolute atomic E-state index is 8.63. The zero-order valence-electron chi connectivity index (χ0n) is 6.53. The van der Waals surface area contributed by atoms with Gasteiger partial charge in [0.1, 0.15) is 0 Å². The molecule has 0 saturated carbocycles. The fourth-order valence-corrected chi connectivity index (χ4v) is 1.92. The molecule has 0 spiro atoms. The first-order valence-electron chi connectivity index (χ1n) is 3.57. The van der Waals surface area contributed by atoms with Crippen molar-refractivity contribution in [3.63, 3.8) is 0 Å². The molecule has 0 amide bonds. The number of hydrogen-bond donors (Lipinski definition) is 0. The predicted molar refractivity (Wildman–Crippen MR) is 49.1 cm³/mol. The van der Waals surface area contributed by atoms with Crippen LogP contribution in [0.5, 0.6) is 0 Å². The largest absolute Gasteiger partial charge is 0.241 e. The summed E-state index contributed by atoms with van der Waals surface area (Å²) in [4.78, 5) is 4.29. The van der Waals surface area contributed by atoms with Crippen molar-refractivity contribution in [1.82, 2.24) is 4.98 Å². The van der Waals surface area contributed by atoms with Crippen molar-refractivity contribution in [3.05, 3.63) is 28.8 Å². The van der Waals surface area contributed by atoms with Gasteiger partial charge in [0.25, 0.3) is 0 Å². The van der Waals surface area contributed by atoms with Crippen LogP contribution in [0.3, 0.4) is 0 Å². The van der Waals surface area contributed by atoms with Gasteiger partial charge in [-0.15, -0.1) is 11.3 Å². The fourth-order valence-electron chi connectivity index (χ4n) is 1.11. The molecule has 0 aliphatic heterocycles. The summed E-state index contributed by atoms with van der Waals surface area (Å²) in [5.74, 6) is 0. The number of benzene rings is 1. The molecule has 58 valence electrons. The van der Waals surface area contributed by atoms with Gasteiger partial charge in [-0.05, 0) is 25.1 Å². The second-order valence-electron chi connectivity index (χ2n) is 2.53. The zero-order chi connectivity index (χ0) is 8.55. The van der Waals surface area contributed by atoms with E-state index in [1.807, 2.05) is 25.1 Å². The van der Waals surface area contributed by atoms with E-state index in [4.69, 9.17) is 5.26 Å². The van der Waals surface area contributed by atoms with E-state index in [0.717, 1.165) is 15.2 Å². The molecule has 1 aromatic heterocycles. The average molecular weight is 174 g/mol. The summed E-state index contributed by atoms with van der Waals surface area (Å²) in [6.45, 7) is 1.97. The van der Waals surface area contributed by atoms with E-state index in [0.29, 0.717) is 5.56 Å². The summed E-state index contributed by atoms with van der Waals surface area (Å²) >= 11 is 1.65. The van der Waals surface area contributed by atoms with E-state index < -0.39 is 0 Å². The van der Waals surface area contributed by atoms with Gasteiger partial charge in [0, 0.05) is 0 Å². The molecule has 0 aliphatic carbocycles. The van der Waals surface area contributed by atoms with Gasteiger partial charge in [0.15, 0.2) is 0 Å². The second-order valence-corrected chi connectivity index (χ2v) is 3.76. The first-order chi connectivity index (χ1) is 5.79. The molecule has 0 saturated heterocycles. The van der Waals surface area contributed by atoms with E-state index in [1.54, 1.807) is 11.3 Å². The number of nitriles is 1. The monoisotopic (exact) mass is 174 g/mol. The van der Waals surface area contributed by atoms with Crippen LogP contribution in [-0.2, 0) is 0 Å². The van der Waals surface area contributed by atoms with Crippen molar-refractivity contribution in [2.45, 2.75) is 6.92 Å². The van der Waals surface area contributed by atoms with E-state index in [-0.39, 0.29) is 0 Å². The van der Waals surface area contributed by atoms with Crippen LogP contribution in [0.25, 0.3) is 10.2 Å². The molecule has 0 aliphatic rings. The Labute approximate surface area is 74.1 Å². The Hall–Kier alpha value is -1.40. The molecular weight excluding hydrogens is 168 g/mol. The number of aromatic nitrogens is 1. The summed E-state index contributed by atoms with van der Waals surface area (Å²) in [6, 6.07) is 7.67. The number of nitrogens with zero attached hydrogens (tertiary/aromatic N) is 2. The molecule has 0 N–H and O–H groups in total. The smallest absolute Gasteiger partial charge is 0.0992 e. The summed E-state index contributed by atoms with van der Waals surface area (Å²) in [5.41, 5.74) is 1.60. The molecule has 0 fully saturated rings. The van der Waals surface area contributed by atoms with Crippen molar-refractivity contribution in [1.29, 1.82) is 5.26 Å². The number of hydrogen-bond acceptors (Lipinski definition) is 3. The predicted octanol–water partition coefficient (Wildman–Crippen LogP) is 2.48. The molecule has 0 radical (unpaired) electrons. The zero-order valence-corrected chi connectivity index (χ0v) is 7.35. The number of thiazole rings is 1. The summed E-state index contributed by atoms with van der Waals surface area (Å²) in [6.07, 6.45) is 0. The molecule has 0 unspecified atom stereocenters. The quantitative estimate of drug-likeness (QED) is 0.615. The van der Waals surface area contributed by atoms with Crippen LogP contribution in [0.4, 0.5) is 0 Å². The molecule has 0 atom stereocenters. The van der Waals surface area contributed by atoms with Gasteiger partial charge in [-0.3, -0.25) is 0 Å². The van der Waals surface area contributed by atoms with Crippen molar-refractivity contribution in [2.24, 2.45) is 0 Å². The minimum Gasteiger partial charge on any atom is -0.241 e. The molecule has 0 bridgehead atoms. The number of aryl methyl sites for hydroxylation is 1. The van der Waals surface area contributed by atoms with Gasteiger partial charge >= 0.3 is 0 Å². The SMILES string of the molecule is Cc1nc2cc(C#N)ccc2s1. The first-order valence-corrected chi connectivity index (χ1v) is 4.38. The maximum atomic E-state index is 8.63. The molecular formula is C9H6N2S. The van der Waals surface area contributed by atoms with E-state index in [9.17, 15) is 0 Å². The van der Waals surface area contributed by atoms with Crippen LogP contribution in [0.1, 0.15) is 10.6 Å². The normalized spacial score (nSPS) is 10.0. The van der Waals surface area contributed by atoms with Crippen LogP contribution in [0, 0.1) is 18.3 Å². The third-order valence-corrected chi connectivity index (χ3v) is 2.58. The lowest BCUT2D eigenvalue weighted by atomic mass is 10.2. The third-order valence-electron chi connectivity index (χ3n) is 1.62. The standard InChI is InChI=1S/C9H6N2S/c1-6-11-8-4-7(5-10)2-3-9(8)12-6/h2-4H,1H3. The lowest BCUT2D eigenvalue weighted by Gasteiger charge is -1.86. The molecule has 1 heterocycles.